The zero-order valence-electron chi connectivity index (χ0n) is 33.3. The first-order valence-corrected chi connectivity index (χ1v) is 21.0. The van der Waals surface area contributed by atoms with Crippen LogP contribution in [0.4, 0.5) is 0 Å². The van der Waals surface area contributed by atoms with Crippen LogP contribution >= 0.6 is 0 Å². The molecule has 0 fully saturated rings. The zero-order chi connectivity index (χ0) is 40.3. The first kappa shape index (κ1) is 35.0. The van der Waals surface area contributed by atoms with Gasteiger partial charge in [0.25, 0.3) is 0 Å². The van der Waals surface area contributed by atoms with E-state index in [1.807, 2.05) is 0 Å². The van der Waals surface area contributed by atoms with Crippen molar-refractivity contribution in [3.8, 4) is 56.2 Å². The third-order valence-electron chi connectivity index (χ3n) is 12.8. The Labute approximate surface area is 355 Å². The summed E-state index contributed by atoms with van der Waals surface area (Å²) in [7, 11) is 0. The Balaban J connectivity index is 1.14. The number of hydrogen-bond acceptors (Lipinski definition) is 2. The van der Waals surface area contributed by atoms with Crippen LogP contribution < -0.4 is 0 Å². The number of benzene rings is 10. The van der Waals surface area contributed by atoms with Crippen molar-refractivity contribution in [2.45, 2.75) is 5.41 Å². The van der Waals surface area contributed by atoms with Crippen LogP contribution in [0.2, 0.25) is 0 Å². The van der Waals surface area contributed by atoms with Crippen LogP contribution in [0.5, 0.6) is 0 Å². The molecule has 12 rings (SSSR count). The van der Waals surface area contributed by atoms with Crippen LogP contribution in [-0.4, -0.2) is 9.97 Å². The molecule has 0 aliphatic heterocycles. The van der Waals surface area contributed by atoms with Gasteiger partial charge in [-0.1, -0.05) is 224 Å². The molecule has 0 saturated carbocycles. The van der Waals surface area contributed by atoms with Crippen molar-refractivity contribution >= 4 is 32.3 Å². The quantitative estimate of drug-likeness (QED) is 0.168. The largest absolute Gasteiger partial charge is 0.228 e. The molecule has 10 aromatic carbocycles. The molecule has 0 atom stereocenters. The first-order chi connectivity index (χ1) is 30.3. The molecular formula is C59H38N2. The van der Waals surface area contributed by atoms with Gasteiger partial charge in [0.2, 0.25) is 0 Å². The van der Waals surface area contributed by atoms with E-state index in [0.29, 0.717) is 5.82 Å². The summed E-state index contributed by atoms with van der Waals surface area (Å²) < 4.78 is 0. The molecular weight excluding hydrogens is 737 g/mol. The Bertz CT molecular complexity index is 3420. The van der Waals surface area contributed by atoms with Gasteiger partial charge in [0, 0.05) is 16.7 Å². The van der Waals surface area contributed by atoms with Gasteiger partial charge in [-0.3, -0.25) is 0 Å². The fourth-order valence-electron chi connectivity index (χ4n) is 10.2. The first-order valence-electron chi connectivity index (χ1n) is 21.0. The van der Waals surface area contributed by atoms with Crippen LogP contribution in [0.15, 0.2) is 231 Å². The second kappa shape index (κ2) is 14.1. The highest BCUT2D eigenvalue weighted by atomic mass is 14.9. The monoisotopic (exact) mass is 774 g/mol. The van der Waals surface area contributed by atoms with Gasteiger partial charge in [0.15, 0.2) is 5.82 Å². The maximum Gasteiger partial charge on any atom is 0.161 e. The summed E-state index contributed by atoms with van der Waals surface area (Å²) in [5.74, 6) is 0.711. The predicted octanol–water partition coefficient (Wildman–Crippen LogP) is 15.0. The summed E-state index contributed by atoms with van der Waals surface area (Å²) in [5.41, 5.74) is 14.5. The summed E-state index contributed by atoms with van der Waals surface area (Å²) >= 11 is 0. The molecule has 61 heavy (non-hydrogen) atoms. The number of nitrogens with zero attached hydrogens (tertiary/aromatic N) is 2. The lowest BCUT2D eigenvalue weighted by Crippen LogP contribution is -2.29. The fraction of sp³-hybridized carbons (Fsp3) is 0.0169. The maximum atomic E-state index is 5.41. The van der Waals surface area contributed by atoms with Gasteiger partial charge in [-0.25, -0.2) is 9.97 Å². The molecule has 0 unspecified atom stereocenters. The molecule has 0 spiro atoms. The van der Waals surface area contributed by atoms with Gasteiger partial charge < -0.3 is 0 Å². The standard InChI is InChI=1S/C59H38N2/c1-4-20-41(21-5-1)54-38-55(61-58(60-54)51-32-16-22-39-18-10-12-27-44(39)51)49-36-35-48(46-29-14-15-30-47(46)49)50-31-17-33-52-56-45-28-13-11-19-40(45)34-37-53(56)59(57(50)52,42-23-6-2-7-24-42)43-25-8-3-9-26-43/h1-38H. The Hall–Kier alpha value is -7.94. The van der Waals surface area contributed by atoms with E-state index >= 15 is 0 Å². The third kappa shape index (κ3) is 5.43. The van der Waals surface area contributed by atoms with E-state index in [0.717, 1.165) is 44.2 Å². The van der Waals surface area contributed by atoms with Gasteiger partial charge in [0.05, 0.1) is 16.8 Å². The zero-order valence-corrected chi connectivity index (χ0v) is 33.3. The smallest absolute Gasteiger partial charge is 0.161 e. The van der Waals surface area contributed by atoms with E-state index in [-0.39, 0.29) is 0 Å². The number of fused-ring (bicyclic) bond motifs is 7. The van der Waals surface area contributed by atoms with Crippen molar-refractivity contribution < 1.29 is 0 Å². The highest BCUT2D eigenvalue weighted by Crippen LogP contribution is 2.60. The summed E-state index contributed by atoms with van der Waals surface area (Å²) in [6.07, 6.45) is 0. The van der Waals surface area contributed by atoms with Gasteiger partial charge in [0.1, 0.15) is 0 Å². The van der Waals surface area contributed by atoms with E-state index in [4.69, 9.17) is 9.97 Å². The Morgan fingerprint density at radius 3 is 1.54 bits per heavy atom. The van der Waals surface area contributed by atoms with Crippen molar-refractivity contribution in [1.29, 1.82) is 0 Å². The van der Waals surface area contributed by atoms with Crippen molar-refractivity contribution in [2.24, 2.45) is 0 Å². The minimum Gasteiger partial charge on any atom is -0.228 e. The van der Waals surface area contributed by atoms with Crippen LogP contribution in [0.1, 0.15) is 22.3 Å². The second-order valence-corrected chi connectivity index (χ2v) is 16.0. The Morgan fingerprint density at radius 1 is 0.311 bits per heavy atom. The molecule has 1 aromatic heterocycles. The van der Waals surface area contributed by atoms with Crippen molar-refractivity contribution in [3.05, 3.63) is 253 Å². The molecule has 2 nitrogen and oxygen atoms in total. The minimum atomic E-state index is -0.571. The molecule has 2 heteroatoms. The lowest BCUT2D eigenvalue weighted by atomic mass is 9.66. The van der Waals surface area contributed by atoms with E-state index in [2.05, 4.69) is 231 Å². The Morgan fingerprint density at radius 2 is 0.820 bits per heavy atom. The number of hydrogen-bond donors (Lipinski definition) is 0. The van der Waals surface area contributed by atoms with E-state index in [1.165, 1.54) is 60.7 Å². The molecule has 0 N–H and O–H groups in total. The highest BCUT2D eigenvalue weighted by molar-refractivity contribution is 6.10. The summed E-state index contributed by atoms with van der Waals surface area (Å²) in [6.45, 7) is 0. The average Bonchev–Trinajstić information content (AvgIpc) is 3.66. The molecule has 0 bridgehead atoms. The number of aromatic nitrogens is 2. The van der Waals surface area contributed by atoms with Crippen LogP contribution in [0.3, 0.4) is 0 Å². The molecule has 0 amide bonds. The van der Waals surface area contributed by atoms with Crippen LogP contribution in [0.25, 0.3) is 88.5 Å². The van der Waals surface area contributed by atoms with Crippen molar-refractivity contribution in [1.82, 2.24) is 9.97 Å². The van der Waals surface area contributed by atoms with Crippen molar-refractivity contribution in [2.75, 3.05) is 0 Å². The highest BCUT2D eigenvalue weighted by Gasteiger charge is 2.48. The van der Waals surface area contributed by atoms with E-state index in [9.17, 15) is 0 Å². The predicted molar refractivity (Wildman–Crippen MR) is 254 cm³/mol. The molecule has 284 valence electrons. The summed E-state index contributed by atoms with van der Waals surface area (Å²) in [6, 6.07) is 83.6. The van der Waals surface area contributed by atoms with Crippen LogP contribution in [-0.2, 0) is 5.41 Å². The normalized spacial score (nSPS) is 12.7. The second-order valence-electron chi connectivity index (χ2n) is 16.0. The maximum absolute atomic E-state index is 5.41. The molecule has 0 saturated heterocycles. The van der Waals surface area contributed by atoms with E-state index < -0.39 is 5.41 Å². The SMILES string of the molecule is c1ccc(-c2cc(-c3ccc(-c4cccc5c4C(c4ccccc4)(c4ccccc4)c4ccc6ccccc6c4-5)c4ccccc34)nc(-c3cccc4ccccc34)n2)cc1. The summed E-state index contributed by atoms with van der Waals surface area (Å²) in [4.78, 5) is 10.6. The lowest BCUT2D eigenvalue weighted by molar-refractivity contribution is 0.771. The fourth-order valence-corrected chi connectivity index (χ4v) is 10.2. The van der Waals surface area contributed by atoms with Gasteiger partial charge in [-0.15, -0.1) is 0 Å². The van der Waals surface area contributed by atoms with Crippen molar-refractivity contribution in [3.63, 3.8) is 0 Å². The third-order valence-corrected chi connectivity index (χ3v) is 12.8. The molecule has 1 aliphatic rings. The molecule has 1 heterocycles. The lowest BCUT2D eigenvalue weighted by Gasteiger charge is -2.35. The van der Waals surface area contributed by atoms with Gasteiger partial charge in [-0.05, 0) is 82.9 Å². The van der Waals surface area contributed by atoms with E-state index in [1.54, 1.807) is 0 Å². The van der Waals surface area contributed by atoms with Crippen LogP contribution in [0, 0.1) is 0 Å². The summed E-state index contributed by atoms with van der Waals surface area (Å²) in [5, 5.41) is 7.13. The Kier molecular flexibility index (Phi) is 8.11. The average molecular weight is 775 g/mol. The topological polar surface area (TPSA) is 25.8 Å². The number of rotatable bonds is 6. The molecule has 1 aliphatic carbocycles. The molecule has 11 aromatic rings. The molecule has 0 radical (unpaired) electrons. The van der Waals surface area contributed by atoms with Gasteiger partial charge >= 0.3 is 0 Å². The minimum absolute atomic E-state index is 0.571. The van der Waals surface area contributed by atoms with Gasteiger partial charge in [-0.2, -0.15) is 0 Å².